The molecule has 0 unspecified atom stereocenters. The van der Waals surface area contributed by atoms with Gasteiger partial charge in [0.1, 0.15) is 5.82 Å². The lowest BCUT2D eigenvalue weighted by Gasteiger charge is -2.23. The summed E-state index contributed by atoms with van der Waals surface area (Å²) in [5.41, 5.74) is 2.15. The molecule has 6 heteroatoms. The summed E-state index contributed by atoms with van der Waals surface area (Å²) in [5, 5.41) is 2.74. The van der Waals surface area contributed by atoms with Crippen molar-refractivity contribution < 1.29 is 14.0 Å². The molecule has 0 atom stereocenters. The highest BCUT2D eigenvalue weighted by Crippen LogP contribution is 2.23. The molecular formula is C18H18BrFN2O2. The van der Waals surface area contributed by atoms with E-state index in [0.717, 1.165) is 15.7 Å². The van der Waals surface area contributed by atoms with Crippen LogP contribution in [-0.4, -0.2) is 24.9 Å². The van der Waals surface area contributed by atoms with E-state index >= 15 is 0 Å². The number of amides is 2. The SMILES string of the molecule is CC(=O)N(CCNC(=O)c1ccc(F)cc1)c1ccc(Br)cc1C. The fourth-order valence-corrected chi connectivity index (χ4v) is 2.83. The number of nitrogens with zero attached hydrogens (tertiary/aromatic N) is 1. The van der Waals surface area contributed by atoms with Crippen molar-refractivity contribution in [1.82, 2.24) is 5.32 Å². The molecule has 24 heavy (non-hydrogen) atoms. The van der Waals surface area contributed by atoms with Crippen LogP contribution in [-0.2, 0) is 4.79 Å². The van der Waals surface area contributed by atoms with E-state index in [1.54, 1.807) is 4.90 Å². The van der Waals surface area contributed by atoms with E-state index in [9.17, 15) is 14.0 Å². The predicted octanol–water partition coefficient (Wildman–Crippen LogP) is 3.68. The Kier molecular flexibility index (Phi) is 6.09. The van der Waals surface area contributed by atoms with Gasteiger partial charge in [-0.05, 0) is 55.0 Å². The molecule has 0 saturated heterocycles. The van der Waals surface area contributed by atoms with Gasteiger partial charge in [0.25, 0.3) is 5.91 Å². The van der Waals surface area contributed by atoms with Crippen LogP contribution in [0.2, 0.25) is 0 Å². The molecular weight excluding hydrogens is 375 g/mol. The van der Waals surface area contributed by atoms with Gasteiger partial charge in [-0.3, -0.25) is 9.59 Å². The van der Waals surface area contributed by atoms with Crippen molar-refractivity contribution in [2.75, 3.05) is 18.0 Å². The molecule has 0 spiro atoms. The van der Waals surface area contributed by atoms with E-state index in [1.807, 2.05) is 25.1 Å². The van der Waals surface area contributed by atoms with Gasteiger partial charge in [0.2, 0.25) is 5.91 Å². The Labute approximate surface area is 148 Å². The van der Waals surface area contributed by atoms with Gasteiger partial charge in [-0.1, -0.05) is 15.9 Å². The normalized spacial score (nSPS) is 10.3. The van der Waals surface area contributed by atoms with Gasteiger partial charge in [0.05, 0.1) is 0 Å². The van der Waals surface area contributed by atoms with Crippen LogP contribution < -0.4 is 10.2 Å². The van der Waals surface area contributed by atoms with Gasteiger partial charge in [-0.15, -0.1) is 0 Å². The number of anilines is 1. The summed E-state index contributed by atoms with van der Waals surface area (Å²) in [6.45, 7) is 4.06. The lowest BCUT2D eigenvalue weighted by molar-refractivity contribution is -0.116. The predicted molar refractivity (Wildman–Crippen MR) is 95.6 cm³/mol. The van der Waals surface area contributed by atoms with E-state index in [2.05, 4.69) is 21.2 Å². The average molecular weight is 393 g/mol. The zero-order valence-corrected chi connectivity index (χ0v) is 15.1. The quantitative estimate of drug-likeness (QED) is 0.843. The van der Waals surface area contributed by atoms with Crippen molar-refractivity contribution >= 4 is 33.4 Å². The molecule has 0 aromatic heterocycles. The Hall–Kier alpha value is -2.21. The van der Waals surface area contributed by atoms with E-state index in [4.69, 9.17) is 0 Å². The third kappa shape index (κ3) is 4.64. The molecule has 0 aliphatic carbocycles. The minimum Gasteiger partial charge on any atom is -0.350 e. The Bertz CT molecular complexity index is 747. The molecule has 2 amide bonds. The first kappa shape index (κ1) is 18.1. The average Bonchev–Trinajstić information content (AvgIpc) is 2.52. The monoisotopic (exact) mass is 392 g/mol. The summed E-state index contributed by atoms with van der Waals surface area (Å²) in [5.74, 6) is -0.789. The molecule has 0 fully saturated rings. The molecule has 0 radical (unpaired) electrons. The molecule has 126 valence electrons. The molecule has 0 aliphatic heterocycles. The number of carbonyl (C=O) groups excluding carboxylic acids is 2. The largest absolute Gasteiger partial charge is 0.350 e. The first-order valence-corrected chi connectivity index (χ1v) is 8.26. The topological polar surface area (TPSA) is 49.4 Å². The van der Waals surface area contributed by atoms with E-state index in [1.165, 1.54) is 31.2 Å². The summed E-state index contributed by atoms with van der Waals surface area (Å²) in [4.78, 5) is 25.6. The maximum Gasteiger partial charge on any atom is 0.251 e. The number of hydrogen-bond donors (Lipinski definition) is 1. The number of aryl methyl sites for hydroxylation is 1. The number of nitrogens with one attached hydrogen (secondary N) is 1. The minimum absolute atomic E-state index is 0.101. The second kappa shape index (κ2) is 8.06. The number of rotatable bonds is 5. The highest BCUT2D eigenvalue weighted by atomic mass is 79.9. The van der Waals surface area contributed by atoms with E-state index in [-0.39, 0.29) is 17.6 Å². The molecule has 1 N–H and O–H groups in total. The van der Waals surface area contributed by atoms with Crippen LogP contribution >= 0.6 is 15.9 Å². The Morgan fingerprint density at radius 3 is 2.42 bits per heavy atom. The van der Waals surface area contributed by atoms with E-state index < -0.39 is 0 Å². The van der Waals surface area contributed by atoms with Crippen LogP contribution in [0.3, 0.4) is 0 Å². The lowest BCUT2D eigenvalue weighted by Crippen LogP contribution is -2.37. The van der Waals surface area contributed by atoms with Crippen molar-refractivity contribution in [2.45, 2.75) is 13.8 Å². The fourth-order valence-electron chi connectivity index (χ4n) is 2.35. The van der Waals surface area contributed by atoms with Crippen molar-refractivity contribution in [1.29, 1.82) is 0 Å². The molecule has 2 aromatic rings. The summed E-state index contributed by atoms with van der Waals surface area (Å²) in [6.07, 6.45) is 0. The lowest BCUT2D eigenvalue weighted by atomic mass is 10.1. The number of hydrogen-bond acceptors (Lipinski definition) is 2. The number of carbonyl (C=O) groups is 2. The molecule has 2 rings (SSSR count). The van der Waals surface area contributed by atoms with Crippen molar-refractivity contribution in [3.05, 3.63) is 63.9 Å². The standard InChI is InChI=1S/C18H18BrFN2O2/c1-12-11-15(19)5-8-17(12)22(13(2)23)10-9-21-18(24)14-3-6-16(20)7-4-14/h3-8,11H,9-10H2,1-2H3,(H,21,24). The summed E-state index contributed by atoms with van der Waals surface area (Å²) in [7, 11) is 0. The van der Waals surface area contributed by atoms with Crippen LogP contribution in [0.1, 0.15) is 22.8 Å². The third-order valence-electron chi connectivity index (χ3n) is 3.56. The van der Waals surface area contributed by atoms with Gasteiger partial charge >= 0.3 is 0 Å². The molecule has 0 bridgehead atoms. The molecule has 0 saturated carbocycles. The number of halogens is 2. The zero-order valence-electron chi connectivity index (χ0n) is 13.5. The van der Waals surface area contributed by atoms with Crippen molar-refractivity contribution in [3.63, 3.8) is 0 Å². The molecule has 0 aliphatic rings. The van der Waals surface area contributed by atoms with Crippen molar-refractivity contribution in [2.24, 2.45) is 0 Å². The van der Waals surface area contributed by atoms with Gasteiger partial charge in [-0.25, -0.2) is 4.39 Å². The first-order chi connectivity index (χ1) is 11.4. The summed E-state index contributed by atoms with van der Waals surface area (Å²) in [6, 6.07) is 11.0. The molecule has 2 aromatic carbocycles. The second-order valence-corrected chi connectivity index (χ2v) is 6.28. The van der Waals surface area contributed by atoms with Crippen LogP contribution in [0.15, 0.2) is 46.9 Å². The third-order valence-corrected chi connectivity index (χ3v) is 4.05. The Balaban J connectivity index is 2.00. The zero-order chi connectivity index (χ0) is 17.7. The van der Waals surface area contributed by atoms with Crippen LogP contribution in [0.4, 0.5) is 10.1 Å². The van der Waals surface area contributed by atoms with Gasteiger partial charge in [-0.2, -0.15) is 0 Å². The Morgan fingerprint density at radius 2 is 1.83 bits per heavy atom. The highest BCUT2D eigenvalue weighted by Gasteiger charge is 2.14. The smallest absolute Gasteiger partial charge is 0.251 e. The van der Waals surface area contributed by atoms with Gasteiger partial charge in [0.15, 0.2) is 0 Å². The van der Waals surface area contributed by atoms with Crippen LogP contribution in [0, 0.1) is 12.7 Å². The summed E-state index contributed by atoms with van der Waals surface area (Å²) >= 11 is 3.40. The molecule has 4 nitrogen and oxygen atoms in total. The van der Waals surface area contributed by atoms with Crippen LogP contribution in [0.25, 0.3) is 0 Å². The highest BCUT2D eigenvalue weighted by molar-refractivity contribution is 9.10. The first-order valence-electron chi connectivity index (χ1n) is 7.46. The minimum atomic E-state index is -0.389. The Morgan fingerprint density at radius 1 is 1.17 bits per heavy atom. The maximum atomic E-state index is 12.9. The second-order valence-electron chi connectivity index (χ2n) is 5.36. The number of benzene rings is 2. The fraction of sp³-hybridized carbons (Fsp3) is 0.222. The van der Waals surface area contributed by atoms with Crippen molar-refractivity contribution in [3.8, 4) is 0 Å². The molecule has 0 heterocycles. The summed E-state index contributed by atoms with van der Waals surface area (Å²) < 4.78 is 13.8. The van der Waals surface area contributed by atoms with Gasteiger partial charge < -0.3 is 10.2 Å². The van der Waals surface area contributed by atoms with Gasteiger partial charge in [0, 0.05) is 35.7 Å². The van der Waals surface area contributed by atoms with Crippen LogP contribution in [0.5, 0.6) is 0 Å². The maximum absolute atomic E-state index is 12.9. The van der Waals surface area contributed by atoms with E-state index in [0.29, 0.717) is 18.7 Å².